The minimum Gasteiger partial charge on any atom is -0.378 e. The van der Waals surface area contributed by atoms with Gasteiger partial charge in [0.25, 0.3) is 0 Å². The third-order valence-electron chi connectivity index (χ3n) is 3.52. The highest BCUT2D eigenvalue weighted by atomic mass is 16.5. The van der Waals surface area contributed by atoms with E-state index >= 15 is 0 Å². The molecule has 0 bridgehead atoms. The van der Waals surface area contributed by atoms with E-state index in [2.05, 4.69) is 42.5 Å². The molecule has 0 saturated carbocycles. The van der Waals surface area contributed by atoms with Crippen molar-refractivity contribution in [2.24, 2.45) is 0 Å². The molecule has 0 atom stereocenters. The monoisotopic (exact) mass is 340 g/mol. The summed E-state index contributed by atoms with van der Waals surface area (Å²) in [5.74, 6) is 1.46. The van der Waals surface area contributed by atoms with Gasteiger partial charge in [-0.25, -0.2) is 9.97 Å². The molecule has 130 valence electrons. The van der Waals surface area contributed by atoms with Crippen LogP contribution in [0, 0.1) is 0 Å². The minimum absolute atomic E-state index is 0.318. The van der Waals surface area contributed by atoms with Crippen molar-refractivity contribution < 1.29 is 9.26 Å². The Balaban J connectivity index is 1.68. The number of hydrogen-bond acceptors (Lipinski definition) is 8. The average Bonchev–Trinajstić information content (AvgIpc) is 3.08. The van der Waals surface area contributed by atoms with E-state index in [-0.39, 0.29) is 0 Å². The number of benzene rings is 1. The lowest BCUT2D eigenvalue weighted by Crippen LogP contribution is -2.08. The summed E-state index contributed by atoms with van der Waals surface area (Å²) in [5.41, 5.74) is 3.00. The van der Waals surface area contributed by atoms with Crippen molar-refractivity contribution >= 4 is 11.6 Å². The Labute approximate surface area is 145 Å². The van der Waals surface area contributed by atoms with E-state index in [0.717, 1.165) is 16.9 Å². The molecule has 8 heteroatoms. The summed E-state index contributed by atoms with van der Waals surface area (Å²) in [6, 6.07) is 10.1. The van der Waals surface area contributed by atoms with Gasteiger partial charge in [0.2, 0.25) is 11.8 Å². The molecule has 0 radical (unpaired) electrons. The van der Waals surface area contributed by atoms with Gasteiger partial charge >= 0.3 is 0 Å². The molecule has 0 spiro atoms. The number of ether oxygens (including phenoxy) is 1. The molecule has 0 unspecified atom stereocenters. The average molecular weight is 340 g/mol. The van der Waals surface area contributed by atoms with Crippen LogP contribution in [-0.2, 0) is 17.9 Å². The normalized spacial score (nSPS) is 10.7. The lowest BCUT2D eigenvalue weighted by atomic mass is 10.1. The predicted molar refractivity (Wildman–Crippen MR) is 94.1 cm³/mol. The number of anilines is 2. The van der Waals surface area contributed by atoms with Crippen molar-refractivity contribution in [3.05, 3.63) is 48.2 Å². The highest BCUT2D eigenvalue weighted by Crippen LogP contribution is 2.21. The molecule has 3 rings (SSSR count). The van der Waals surface area contributed by atoms with Crippen LogP contribution in [0.1, 0.15) is 11.7 Å². The third kappa shape index (κ3) is 4.30. The maximum absolute atomic E-state index is 5.13. The van der Waals surface area contributed by atoms with Crippen LogP contribution in [0.25, 0.3) is 11.3 Å². The predicted octanol–water partition coefficient (Wildman–Crippen LogP) is 2.35. The lowest BCUT2D eigenvalue weighted by molar-refractivity contribution is 0.174. The molecule has 0 saturated heterocycles. The zero-order valence-electron chi connectivity index (χ0n) is 14.4. The Bertz CT molecular complexity index is 816. The van der Waals surface area contributed by atoms with E-state index in [1.165, 1.54) is 0 Å². The van der Waals surface area contributed by atoms with Crippen molar-refractivity contribution in [1.29, 1.82) is 0 Å². The zero-order valence-corrected chi connectivity index (χ0v) is 14.4. The number of methoxy groups -OCH3 is 1. The molecular formula is C17H20N6O2. The van der Waals surface area contributed by atoms with E-state index in [4.69, 9.17) is 9.26 Å². The molecular weight excluding hydrogens is 320 g/mol. The quantitative estimate of drug-likeness (QED) is 0.701. The van der Waals surface area contributed by atoms with Crippen LogP contribution in [0.4, 0.5) is 11.6 Å². The highest BCUT2D eigenvalue weighted by molar-refractivity contribution is 5.63. The van der Waals surface area contributed by atoms with Gasteiger partial charge in [0, 0.05) is 38.7 Å². The van der Waals surface area contributed by atoms with Crippen molar-refractivity contribution in [2.75, 3.05) is 31.4 Å². The molecule has 0 amide bonds. The fraction of sp³-hybridized carbons (Fsp3) is 0.294. The summed E-state index contributed by atoms with van der Waals surface area (Å²) in [7, 11) is 5.60. The van der Waals surface area contributed by atoms with Crippen LogP contribution < -0.4 is 10.2 Å². The number of aromatic nitrogens is 4. The Morgan fingerprint density at radius 1 is 1.12 bits per heavy atom. The second-order valence-electron chi connectivity index (χ2n) is 5.60. The van der Waals surface area contributed by atoms with Gasteiger partial charge in [0.1, 0.15) is 6.61 Å². The Hall–Kier alpha value is -3.00. The number of nitrogens with one attached hydrogen (secondary N) is 1. The number of hydrogen-bond donors (Lipinski definition) is 1. The first-order valence-corrected chi connectivity index (χ1v) is 7.81. The van der Waals surface area contributed by atoms with Gasteiger partial charge in [-0.15, -0.1) is 0 Å². The van der Waals surface area contributed by atoms with Crippen LogP contribution in [-0.4, -0.2) is 41.3 Å². The van der Waals surface area contributed by atoms with Crippen molar-refractivity contribution in [2.45, 2.75) is 13.2 Å². The molecule has 0 aliphatic carbocycles. The third-order valence-corrected chi connectivity index (χ3v) is 3.52. The van der Waals surface area contributed by atoms with Crippen LogP contribution in [0.15, 0.2) is 41.1 Å². The van der Waals surface area contributed by atoms with E-state index in [1.807, 2.05) is 32.3 Å². The summed E-state index contributed by atoms with van der Waals surface area (Å²) in [6.45, 7) is 0.665. The summed E-state index contributed by atoms with van der Waals surface area (Å²) in [6.07, 6.45) is 1.72. The molecule has 25 heavy (non-hydrogen) atoms. The summed E-state index contributed by atoms with van der Waals surface area (Å²) in [5, 5.41) is 6.90. The molecule has 1 aromatic carbocycles. The second-order valence-corrected chi connectivity index (χ2v) is 5.60. The van der Waals surface area contributed by atoms with Crippen molar-refractivity contribution in [3.8, 4) is 11.3 Å². The molecule has 0 aliphatic rings. The Morgan fingerprint density at radius 2 is 1.92 bits per heavy atom. The van der Waals surface area contributed by atoms with Gasteiger partial charge < -0.3 is 19.5 Å². The first-order valence-electron chi connectivity index (χ1n) is 7.81. The molecule has 3 aromatic rings. The van der Waals surface area contributed by atoms with Crippen molar-refractivity contribution in [1.82, 2.24) is 20.1 Å². The minimum atomic E-state index is 0.318. The molecule has 0 fully saturated rings. The largest absolute Gasteiger partial charge is 0.378 e. The first-order chi connectivity index (χ1) is 12.2. The van der Waals surface area contributed by atoms with Gasteiger partial charge in [0.15, 0.2) is 5.82 Å². The van der Waals surface area contributed by atoms with Gasteiger partial charge in [0.05, 0.1) is 12.2 Å². The van der Waals surface area contributed by atoms with Gasteiger partial charge in [-0.1, -0.05) is 17.3 Å². The molecule has 2 aromatic heterocycles. The lowest BCUT2D eigenvalue weighted by Gasteiger charge is -2.12. The Morgan fingerprint density at radius 3 is 2.64 bits per heavy atom. The van der Waals surface area contributed by atoms with Gasteiger partial charge in [-0.05, 0) is 18.2 Å². The van der Waals surface area contributed by atoms with E-state index in [1.54, 1.807) is 13.3 Å². The van der Waals surface area contributed by atoms with Crippen LogP contribution in [0.3, 0.4) is 0 Å². The van der Waals surface area contributed by atoms with Gasteiger partial charge in [-0.3, -0.25) is 0 Å². The number of rotatable bonds is 7. The summed E-state index contributed by atoms with van der Waals surface area (Å²) >= 11 is 0. The summed E-state index contributed by atoms with van der Waals surface area (Å²) < 4.78 is 10.1. The zero-order chi connectivity index (χ0) is 17.6. The van der Waals surface area contributed by atoms with Gasteiger partial charge in [-0.2, -0.15) is 4.98 Å². The fourth-order valence-corrected chi connectivity index (χ4v) is 2.24. The summed E-state index contributed by atoms with van der Waals surface area (Å²) in [4.78, 5) is 15.0. The van der Waals surface area contributed by atoms with Crippen LogP contribution in [0.5, 0.6) is 0 Å². The SMILES string of the molecule is COCc1noc(CNc2nccc(-c3ccc(N(C)C)cc3)n2)n1. The Kier molecular flexibility index (Phi) is 5.20. The molecule has 0 aliphatic heterocycles. The molecule has 1 N–H and O–H groups in total. The maximum Gasteiger partial charge on any atom is 0.246 e. The smallest absolute Gasteiger partial charge is 0.246 e. The second kappa shape index (κ2) is 7.71. The number of nitrogens with zero attached hydrogens (tertiary/aromatic N) is 5. The maximum atomic E-state index is 5.13. The van der Waals surface area contributed by atoms with Crippen LogP contribution >= 0.6 is 0 Å². The molecule has 8 nitrogen and oxygen atoms in total. The first kappa shape index (κ1) is 16.8. The van der Waals surface area contributed by atoms with Crippen LogP contribution in [0.2, 0.25) is 0 Å². The van der Waals surface area contributed by atoms with E-state index < -0.39 is 0 Å². The highest BCUT2D eigenvalue weighted by Gasteiger charge is 2.07. The standard InChI is InChI=1S/C17H20N6O2/c1-23(2)13-6-4-12(5-7-13)14-8-9-18-17(20-14)19-10-16-21-15(11-24-3)22-25-16/h4-9H,10-11H2,1-3H3,(H,18,19,20). The van der Waals surface area contributed by atoms with E-state index in [9.17, 15) is 0 Å². The van der Waals surface area contributed by atoms with E-state index in [0.29, 0.717) is 30.8 Å². The fourth-order valence-electron chi connectivity index (χ4n) is 2.24. The van der Waals surface area contributed by atoms with Crippen molar-refractivity contribution in [3.63, 3.8) is 0 Å². The topological polar surface area (TPSA) is 89.2 Å². The molecule has 2 heterocycles.